The van der Waals surface area contributed by atoms with Crippen molar-refractivity contribution in [3.05, 3.63) is 30.1 Å². The first-order chi connectivity index (χ1) is 7.73. The molecule has 0 aromatic carbocycles. The number of carbonyl (C=O) groups excluding carboxylic acids is 1. The number of aliphatic hydroxyl groups is 1. The van der Waals surface area contributed by atoms with Crippen LogP contribution in [0.5, 0.6) is 0 Å². The summed E-state index contributed by atoms with van der Waals surface area (Å²) in [6, 6.07) is 3.85. The smallest absolute Gasteiger partial charge is 0.251 e. The average molecular weight is 236 g/mol. The highest BCUT2D eigenvalue weighted by Gasteiger charge is 2.27. The Labute approximate surface area is 102 Å². The summed E-state index contributed by atoms with van der Waals surface area (Å²) in [7, 11) is 0. The van der Waals surface area contributed by atoms with Crippen molar-refractivity contribution < 1.29 is 9.90 Å². The van der Waals surface area contributed by atoms with E-state index in [1.165, 1.54) is 13.8 Å². The summed E-state index contributed by atoms with van der Waals surface area (Å²) >= 11 is 0. The molecule has 2 N–H and O–H groups in total. The molecule has 0 aliphatic heterocycles. The van der Waals surface area contributed by atoms with Crippen LogP contribution in [-0.4, -0.2) is 28.1 Å². The van der Waals surface area contributed by atoms with Crippen LogP contribution in [0.25, 0.3) is 0 Å². The Balaban J connectivity index is 2.66. The minimum absolute atomic E-state index is 0.191. The average Bonchev–Trinajstić information content (AvgIpc) is 2.26. The fourth-order valence-corrected chi connectivity index (χ4v) is 1.42. The van der Waals surface area contributed by atoms with Crippen LogP contribution >= 0.6 is 0 Å². The van der Waals surface area contributed by atoms with Crippen molar-refractivity contribution >= 4 is 5.91 Å². The molecule has 4 nitrogen and oxygen atoms in total. The molecule has 94 valence electrons. The van der Waals surface area contributed by atoms with Gasteiger partial charge in [-0.3, -0.25) is 9.78 Å². The predicted molar refractivity (Wildman–Crippen MR) is 66.6 cm³/mol. The van der Waals surface area contributed by atoms with Gasteiger partial charge in [-0.25, -0.2) is 0 Å². The van der Waals surface area contributed by atoms with Crippen LogP contribution in [0.15, 0.2) is 24.5 Å². The van der Waals surface area contributed by atoms with Crippen molar-refractivity contribution in [2.75, 3.05) is 6.54 Å². The van der Waals surface area contributed by atoms with E-state index in [1.807, 2.05) is 26.0 Å². The first-order valence-corrected chi connectivity index (χ1v) is 5.65. The molecule has 1 heterocycles. The minimum atomic E-state index is -1.34. The zero-order chi connectivity index (χ0) is 13.1. The molecule has 0 radical (unpaired) electrons. The van der Waals surface area contributed by atoms with Crippen molar-refractivity contribution in [2.24, 2.45) is 0 Å². The van der Waals surface area contributed by atoms with Gasteiger partial charge in [0.2, 0.25) is 0 Å². The van der Waals surface area contributed by atoms with Crippen LogP contribution in [0.3, 0.4) is 0 Å². The molecule has 4 heteroatoms. The highest BCUT2D eigenvalue weighted by molar-refractivity contribution is 5.83. The lowest BCUT2D eigenvalue weighted by molar-refractivity contribution is -0.136. The molecule has 1 aromatic heterocycles. The fraction of sp³-hybridized carbons (Fsp3) is 0.538. The van der Waals surface area contributed by atoms with E-state index >= 15 is 0 Å². The normalized spacial score (nSPS) is 12.3. The second-order valence-corrected chi connectivity index (χ2v) is 5.36. The lowest BCUT2D eigenvalue weighted by Gasteiger charge is -2.27. The molecular formula is C13H20N2O2. The predicted octanol–water partition coefficient (Wildman–Crippen LogP) is 1.25. The molecule has 1 amide bonds. The quantitative estimate of drug-likeness (QED) is 0.827. The Morgan fingerprint density at radius 3 is 2.29 bits per heavy atom. The highest BCUT2D eigenvalue weighted by atomic mass is 16.3. The first kappa shape index (κ1) is 13.6. The largest absolute Gasteiger partial charge is 0.381 e. The number of nitrogens with zero attached hydrogens (tertiary/aromatic N) is 1. The summed E-state index contributed by atoms with van der Waals surface area (Å²) in [6.07, 6.45) is 3.46. The van der Waals surface area contributed by atoms with Gasteiger partial charge in [-0.1, -0.05) is 13.8 Å². The molecule has 0 aliphatic carbocycles. The van der Waals surface area contributed by atoms with Crippen LogP contribution in [-0.2, 0) is 10.2 Å². The SMILES string of the molecule is CC(C)(O)C(=O)NCC(C)(C)c1ccncc1. The zero-order valence-electron chi connectivity index (χ0n) is 10.8. The number of aromatic nitrogens is 1. The van der Waals surface area contributed by atoms with Crippen molar-refractivity contribution in [3.8, 4) is 0 Å². The Morgan fingerprint density at radius 2 is 1.82 bits per heavy atom. The van der Waals surface area contributed by atoms with Crippen molar-refractivity contribution in [1.29, 1.82) is 0 Å². The number of hydrogen-bond acceptors (Lipinski definition) is 3. The lowest BCUT2D eigenvalue weighted by atomic mass is 9.85. The number of carbonyl (C=O) groups is 1. The number of hydrogen-bond donors (Lipinski definition) is 2. The molecule has 1 aromatic rings. The van der Waals surface area contributed by atoms with Crippen LogP contribution in [0.2, 0.25) is 0 Å². The summed E-state index contributed by atoms with van der Waals surface area (Å²) < 4.78 is 0. The van der Waals surface area contributed by atoms with Gasteiger partial charge in [0, 0.05) is 24.4 Å². The summed E-state index contributed by atoms with van der Waals surface area (Å²) in [6.45, 7) is 7.49. The summed E-state index contributed by atoms with van der Waals surface area (Å²) in [5.74, 6) is -0.361. The molecular weight excluding hydrogens is 216 g/mol. The molecule has 0 spiro atoms. The zero-order valence-corrected chi connectivity index (χ0v) is 10.8. The third-order valence-electron chi connectivity index (χ3n) is 2.71. The fourth-order valence-electron chi connectivity index (χ4n) is 1.42. The van der Waals surface area contributed by atoms with Gasteiger partial charge in [-0.15, -0.1) is 0 Å². The van der Waals surface area contributed by atoms with E-state index in [9.17, 15) is 9.90 Å². The van der Waals surface area contributed by atoms with Gasteiger partial charge in [-0.05, 0) is 31.5 Å². The van der Waals surface area contributed by atoms with E-state index in [0.29, 0.717) is 6.54 Å². The summed E-state index contributed by atoms with van der Waals surface area (Å²) in [4.78, 5) is 15.5. The highest BCUT2D eigenvalue weighted by Crippen LogP contribution is 2.21. The molecule has 0 saturated heterocycles. The minimum Gasteiger partial charge on any atom is -0.381 e. The molecule has 17 heavy (non-hydrogen) atoms. The first-order valence-electron chi connectivity index (χ1n) is 5.65. The van der Waals surface area contributed by atoms with E-state index in [-0.39, 0.29) is 11.3 Å². The number of pyridine rings is 1. The molecule has 0 saturated carbocycles. The van der Waals surface area contributed by atoms with Crippen molar-refractivity contribution in [2.45, 2.75) is 38.7 Å². The Hall–Kier alpha value is -1.42. The standard InChI is InChI=1S/C13H20N2O2/c1-12(2,10-5-7-14-8-6-10)9-15-11(16)13(3,4)17/h5-8,17H,9H2,1-4H3,(H,15,16). The Bertz CT molecular complexity index is 380. The van der Waals surface area contributed by atoms with Gasteiger partial charge in [0.1, 0.15) is 5.60 Å². The Kier molecular flexibility index (Phi) is 3.88. The number of nitrogens with one attached hydrogen (secondary N) is 1. The van der Waals surface area contributed by atoms with Crippen molar-refractivity contribution in [3.63, 3.8) is 0 Å². The van der Waals surface area contributed by atoms with Crippen molar-refractivity contribution in [1.82, 2.24) is 10.3 Å². The topological polar surface area (TPSA) is 62.2 Å². The van der Waals surface area contributed by atoms with E-state index in [4.69, 9.17) is 0 Å². The third kappa shape index (κ3) is 3.82. The van der Waals surface area contributed by atoms with Gasteiger partial charge < -0.3 is 10.4 Å². The molecule has 0 aliphatic rings. The van der Waals surface area contributed by atoms with E-state index in [0.717, 1.165) is 5.56 Å². The maximum atomic E-state index is 11.6. The number of rotatable bonds is 4. The molecule has 0 unspecified atom stereocenters. The van der Waals surface area contributed by atoms with Gasteiger partial charge >= 0.3 is 0 Å². The monoisotopic (exact) mass is 236 g/mol. The second-order valence-electron chi connectivity index (χ2n) is 5.36. The molecule has 0 atom stereocenters. The van der Waals surface area contributed by atoms with Gasteiger partial charge in [0.25, 0.3) is 5.91 Å². The third-order valence-corrected chi connectivity index (χ3v) is 2.71. The van der Waals surface area contributed by atoms with Crippen LogP contribution in [0.1, 0.15) is 33.3 Å². The van der Waals surface area contributed by atoms with Gasteiger partial charge in [0.15, 0.2) is 0 Å². The van der Waals surface area contributed by atoms with Gasteiger partial charge in [0.05, 0.1) is 0 Å². The molecule has 0 fully saturated rings. The summed E-state index contributed by atoms with van der Waals surface area (Å²) in [5, 5.41) is 12.3. The molecule has 1 rings (SSSR count). The number of amides is 1. The van der Waals surface area contributed by atoms with E-state index in [2.05, 4.69) is 10.3 Å². The maximum absolute atomic E-state index is 11.6. The van der Waals surface area contributed by atoms with Crippen LogP contribution in [0, 0.1) is 0 Å². The second kappa shape index (κ2) is 4.84. The molecule has 0 bridgehead atoms. The van der Waals surface area contributed by atoms with E-state index in [1.54, 1.807) is 12.4 Å². The van der Waals surface area contributed by atoms with Crippen LogP contribution in [0.4, 0.5) is 0 Å². The Morgan fingerprint density at radius 1 is 1.29 bits per heavy atom. The van der Waals surface area contributed by atoms with Gasteiger partial charge in [-0.2, -0.15) is 0 Å². The lowest BCUT2D eigenvalue weighted by Crippen LogP contribution is -2.46. The maximum Gasteiger partial charge on any atom is 0.251 e. The summed E-state index contributed by atoms with van der Waals surface area (Å²) in [5.41, 5.74) is -0.429. The van der Waals surface area contributed by atoms with Crippen LogP contribution < -0.4 is 5.32 Å². The van der Waals surface area contributed by atoms with E-state index < -0.39 is 5.60 Å².